The molecule has 0 atom stereocenters. The maximum Gasteiger partial charge on any atom is 0.154 e. The van der Waals surface area contributed by atoms with Crippen molar-refractivity contribution in [1.29, 1.82) is 0 Å². The number of likely N-dealkylation sites (tertiary alicyclic amines) is 1. The molecule has 20 heavy (non-hydrogen) atoms. The third-order valence-corrected chi connectivity index (χ3v) is 4.08. The van der Waals surface area contributed by atoms with Crippen LogP contribution in [0.1, 0.15) is 25.6 Å². The minimum Gasteiger partial charge on any atom is -0.342 e. The van der Waals surface area contributed by atoms with Crippen LogP contribution in [0.2, 0.25) is 0 Å². The minimum absolute atomic E-state index is 0.249. The van der Waals surface area contributed by atoms with Gasteiger partial charge >= 0.3 is 0 Å². The second-order valence-electron chi connectivity index (χ2n) is 5.87. The zero-order valence-electron chi connectivity index (χ0n) is 11.9. The van der Waals surface area contributed by atoms with Crippen LogP contribution >= 0.6 is 0 Å². The van der Waals surface area contributed by atoms with Gasteiger partial charge in [0.05, 0.1) is 24.0 Å². The molecule has 2 aromatic rings. The number of hydrogen-bond acceptors (Lipinski definition) is 3. The third-order valence-electron chi connectivity index (χ3n) is 4.08. The van der Waals surface area contributed by atoms with E-state index in [2.05, 4.69) is 21.8 Å². The van der Waals surface area contributed by atoms with Gasteiger partial charge in [-0.25, -0.2) is 4.98 Å². The zero-order chi connectivity index (χ0) is 13.9. The van der Waals surface area contributed by atoms with Crippen LogP contribution in [-0.2, 0) is 11.2 Å². The van der Waals surface area contributed by atoms with Gasteiger partial charge in [0.15, 0.2) is 5.78 Å². The molecule has 106 valence electrons. The van der Waals surface area contributed by atoms with Gasteiger partial charge in [-0.05, 0) is 44.0 Å². The van der Waals surface area contributed by atoms with Crippen molar-refractivity contribution in [1.82, 2.24) is 14.9 Å². The number of fused-ring (bicyclic) bond motifs is 1. The van der Waals surface area contributed by atoms with E-state index in [0.717, 1.165) is 35.9 Å². The molecule has 1 saturated heterocycles. The van der Waals surface area contributed by atoms with E-state index in [1.807, 2.05) is 24.3 Å². The van der Waals surface area contributed by atoms with Crippen molar-refractivity contribution in [2.24, 2.45) is 5.92 Å². The van der Waals surface area contributed by atoms with Crippen LogP contribution in [0.15, 0.2) is 24.3 Å². The summed E-state index contributed by atoms with van der Waals surface area (Å²) in [6.07, 6.45) is 2.82. The van der Waals surface area contributed by atoms with Crippen LogP contribution in [-0.4, -0.2) is 40.3 Å². The van der Waals surface area contributed by atoms with E-state index in [4.69, 9.17) is 0 Å². The number of benzene rings is 1. The number of H-pyrrole nitrogens is 1. The Labute approximate surface area is 119 Å². The number of nitrogens with one attached hydrogen (secondary N) is 1. The van der Waals surface area contributed by atoms with Crippen molar-refractivity contribution in [3.05, 3.63) is 30.1 Å². The molecule has 0 spiro atoms. The summed E-state index contributed by atoms with van der Waals surface area (Å²) in [5, 5.41) is 0. The summed E-state index contributed by atoms with van der Waals surface area (Å²) < 4.78 is 0. The first-order valence-corrected chi connectivity index (χ1v) is 7.38. The van der Waals surface area contributed by atoms with Gasteiger partial charge in [0.2, 0.25) is 0 Å². The van der Waals surface area contributed by atoms with E-state index in [-0.39, 0.29) is 5.78 Å². The lowest BCUT2D eigenvalue weighted by Gasteiger charge is -2.29. The zero-order valence-corrected chi connectivity index (χ0v) is 11.9. The predicted molar refractivity (Wildman–Crippen MR) is 79.6 cm³/mol. The number of aromatic amines is 1. The van der Waals surface area contributed by atoms with Crippen molar-refractivity contribution < 1.29 is 4.79 Å². The number of piperidine rings is 1. The molecular formula is C16H21N3O. The molecular weight excluding hydrogens is 250 g/mol. The van der Waals surface area contributed by atoms with Gasteiger partial charge in [0, 0.05) is 0 Å². The number of carbonyl (C=O) groups is 1. The normalized spacial score (nSPS) is 17.6. The molecule has 1 N–H and O–H groups in total. The first-order valence-electron chi connectivity index (χ1n) is 7.38. The Balaban J connectivity index is 1.58. The van der Waals surface area contributed by atoms with Gasteiger partial charge < -0.3 is 4.98 Å². The highest BCUT2D eigenvalue weighted by atomic mass is 16.1. The fourth-order valence-electron chi connectivity index (χ4n) is 2.80. The lowest BCUT2D eigenvalue weighted by Crippen LogP contribution is -2.37. The van der Waals surface area contributed by atoms with Gasteiger partial charge in [-0.1, -0.05) is 19.1 Å². The third kappa shape index (κ3) is 3.07. The standard InChI is InChI=1S/C16H21N3O/c1-12-6-8-19(9-7-12)11-13(20)10-16-17-14-4-2-3-5-15(14)18-16/h2-5,12H,6-11H2,1H3,(H,17,18). The van der Waals surface area contributed by atoms with Gasteiger partial charge in [0.1, 0.15) is 5.82 Å². The SMILES string of the molecule is CC1CCN(CC(=O)Cc2nc3ccccc3[nH]2)CC1. The second kappa shape index (κ2) is 5.75. The lowest BCUT2D eigenvalue weighted by molar-refractivity contribution is -0.120. The Kier molecular flexibility index (Phi) is 3.83. The molecule has 4 nitrogen and oxygen atoms in total. The predicted octanol–water partition coefficient (Wildman–Crippen LogP) is 2.41. The van der Waals surface area contributed by atoms with Crippen LogP contribution in [0.3, 0.4) is 0 Å². The first kappa shape index (κ1) is 13.3. The van der Waals surface area contributed by atoms with Crippen LogP contribution in [0.25, 0.3) is 11.0 Å². The summed E-state index contributed by atoms with van der Waals surface area (Å²) >= 11 is 0. The minimum atomic E-state index is 0.249. The molecule has 4 heteroatoms. The Hall–Kier alpha value is -1.68. The van der Waals surface area contributed by atoms with Crippen molar-refractivity contribution in [2.75, 3.05) is 19.6 Å². The molecule has 2 heterocycles. The van der Waals surface area contributed by atoms with Crippen molar-refractivity contribution in [3.8, 4) is 0 Å². The molecule has 0 radical (unpaired) electrons. The number of hydrogen-bond donors (Lipinski definition) is 1. The van der Waals surface area contributed by atoms with Gasteiger partial charge in [0.25, 0.3) is 0 Å². The van der Waals surface area contributed by atoms with Crippen molar-refractivity contribution in [2.45, 2.75) is 26.2 Å². The number of nitrogens with zero attached hydrogens (tertiary/aromatic N) is 2. The fraction of sp³-hybridized carbons (Fsp3) is 0.500. The monoisotopic (exact) mass is 271 g/mol. The maximum atomic E-state index is 12.1. The molecule has 0 bridgehead atoms. The summed E-state index contributed by atoms with van der Waals surface area (Å²) in [6.45, 7) is 4.94. The number of aromatic nitrogens is 2. The largest absolute Gasteiger partial charge is 0.342 e. The molecule has 1 aliphatic rings. The van der Waals surface area contributed by atoms with E-state index < -0.39 is 0 Å². The number of ketones is 1. The van der Waals surface area contributed by atoms with E-state index in [1.165, 1.54) is 12.8 Å². The van der Waals surface area contributed by atoms with Crippen LogP contribution < -0.4 is 0 Å². The Bertz CT molecular complexity index is 564. The Morgan fingerprint density at radius 1 is 1.35 bits per heavy atom. The van der Waals surface area contributed by atoms with Gasteiger partial charge in [-0.3, -0.25) is 9.69 Å². The smallest absolute Gasteiger partial charge is 0.154 e. The number of para-hydroxylation sites is 2. The molecule has 1 aromatic heterocycles. The molecule has 0 saturated carbocycles. The highest BCUT2D eigenvalue weighted by Crippen LogP contribution is 2.16. The number of Topliss-reactive ketones (excluding diaryl/α,β-unsaturated/α-hetero) is 1. The summed E-state index contributed by atoms with van der Waals surface area (Å²) in [7, 11) is 0. The maximum absolute atomic E-state index is 12.1. The topological polar surface area (TPSA) is 49.0 Å². The van der Waals surface area contributed by atoms with Crippen molar-refractivity contribution >= 4 is 16.8 Å². The highest BCUT2D eigenvalue weighted by molar-refractivity contribution is 5.83. The van der Waals surface area contributed by atoms with E-state index in [9.17, 15) is 4.79 Å². The Morgan fingerprint density at radius 3 is 2.85 bits per heavy atom. The van der Waals surface area contributed by atoms with E-state index in [0.29, 0.717) is 13.0 Å². The average Bonchev–Trinajstić information content (AvgIpc) is 2.83. The van der Waals surface area contributed by atoms with Gasteiger partial charge in [-0.15, -0.1) is 0 Å². The van der Waals surface area contributed by atoms with Crippen molar-refractivity contribution in [3.63, 3.8) is 0 Å². The summed E-state index contributed by atoms with van der Waals surface area (Å²) in [5.74, 6) is 1.83. The van der Waals surface area contributed by atoms with E-state index >= 15 is 0 Å². The first-order chi connectivity index (χ1) is 9.70. The van der Waals surface area contributed by atoms with Gasteiger partial charge in [-0.2, -0.15) is 0 Å². The summed E-state index contributed by atoms with van der Waals surface area (Å²) in [6, 6.07) is 7.89. The quantitative estimate of drug-likeness (QED) is 0.929. The summed E-state index contributed by atoms with van der Waals surface area (Å²) in [4.78, 5) is 22.1. The number of rotatable bonds is 4. The lowest BCUT2D eigenvalue weighted by atomic mass is 9.99. The highest BCUT2D eigenvalue weighted by Gasteiger charge is 2.18. The number of imidazole rings is 1. The summed E-state index contributed by atoms with van der Waals surface area (Å²) in [5.41, 5.74) is 1.93. The fourth-order valence-corrected chi connectivity index (χ4v) is 2.80. The van der Waals surface area contributed by atoms with Crippen LogP contribution in [0.5, 0.6) is 0 Å². The second-order valence-corrected chi connectivity index (χ2v) is 5.87. The van der Waals surface area contributed by atoms with E-state index in [1.54, 1.807) is 0 Å². The molecule has 0 aliphatic carbocycles. The molecule has 1 fully saturated rings. The molecule has 1 aromatic carbocycles. The Morgan fingerprint density at radius 2 is 2.10 bits per heavy atom. The van der Waals surface area contributed by atoms with Crippen LogP contribution in [0, 0.1) is 5.92 Å². The number of carbonyl (C=O) groups excluding carboxylic acids is 1. The molecule has 1 aliphatic heterocycles. The molecule has 3 rings (SSSR count). The molecule has 0 amide bonds. The average molecular weight is 271 g/mol. The molecule has 0 unspecified atom stereocenters. The van der Waals surface area contributed by atoms with Crippen LogP contribution in [0.4, 0.5) is 0 Å².